The van der Waals surface area contributed by atoms with Crippen LogP contribution in [0.15, 0.2) is 53.4 Å². The topological polar surface area (TPSA) is 148 Å². The van der Waals surface area contributed by atoms with Crippen LogP contribution >= 0.6 is 11.6 Å². The standard InChI is InChI=1S/C30H33ClF3N5O5S/c1-2-12-45(42,43)20-5-3-4-18(13-20)22-14-19(31)6-7-21(22)26(30(32,33)34)44-25-15-24(37-28(35)38-25)39-10-8-29(9-11-39)16-23(27(40)41)36-17-29/h3-7,13-15,23,26,36H,2,8-12,16-17H2,1H3,(H,40,41)(H2,35,37,38)/t23-,26?/m0/s1. The Morgan fingerprint density at radius 3 is 2.58 bits per heavy atom. The van der Waals surface area contributed by atoms with Crippen LogP contribution in [0.25, 0.3) is 11.1 Å². The number of benzene rings is 2. The molecule has 5 rings (SSSR count). The monoisotopic (exact) mass is 667 g/mol. The number of nitrogens with one attached hydrogen (secondary N) is 1. The van der Waals surface area contributed by atoms with Gasteiger partial charge in [0.05, 0.1) is 10.6 Å². The first-order valence-corrected chi connectivity index (χ1v) is 16.4. The molecule has 2 aliphatic rings. The summed E-state index contributed by atoms with van der Waals surface area (Å²) >= 11 is 6.21. The first kappa shape index (κ1) is 32.8. The zero-order valence-corrected chi connectivity index (χ0v) is 25.9. The number of anilines is 2. The number of carboxylic acid groups (broad SMARTS) is 1. The second-order valence-corrected chi connectivity index (χ2v) is 14.0. The lowest BCUT2D eigenvalue weighted by atomic mass is 9.76. The number of ether oxygens (including phenoxy) is 1. The first-order valence-electron chi connectivity index (χ1n) is 14.4. The number of carboxylic acids is 1. The molecule has 2 atom stereocenters. The summed E-state index contributed by atoms with van der Waals surface area (Å²) in [6.07, 6.45) is -5.22. The Morgan fingerprint density at radius 2 is 1.93 bits per heavy atom. The van der Waals surface area contributed by atoms with Gasteiger partial charge in [-0.2, -0.15) is 23.1 Å². The van der Waals surface area contributed by atoms with Gasteiger partial charge >= 0.3 is 12.1 Å². The minimum Gasteiger partial charge on any atom is -0.480 e. The molecule has 0 aliphatic carbocycles. The number of carbonyl (C=O) groups is 1. The minimum atomic E-state index is -4.91. The van der Waals surface area contributed by atoms with Crippen molar-refractivity contribution < 1.29 is 36.2 Å². The van der Waals surface area contributed by atoms with E-state index in [-0.39, 0.29) is 43.7 Å². The van der Waals surface area contributed by atoms with Crippen LogP contribution in [0, 0.1) is 5.41 Å². The molecular weight excluding hydrogens is 635 g/mol. The molecule has 45 heavy (non-hydrogen) atoms. The van der Waals surface area contributed by atoms with Crippen molar-refractivity contribution in [2.75, 3.05) is 36.0 Å². The van der Waals surface area contributed by atoms with E-state index in [1.807, 2.05) is 4.90 Å². The molecule has 2 fully saturated rings. The molecule has 2 aromatic carbocycles. The first-order chi connectivity index (χ1) is 21.2. The smallest absolute Gasteiger partial charge is 0.429 e. The van der Waals surface area contributed by atoms with E-state index >= 15 is 0 Å². The van der Waals surface area contributed by atoms with Crippen molar-refractivity contribution in [2.24, 2.45) is 5.41 Å². The quantitative estimate of drug-likeness (QED) is 0.275. The van der Waals surface area contributed by atoms with E-state index < -0.39 is 40.0 Å². The van der Waals surface area contributed by atoms with Gasteiger partial charge in [-0.3, -0.25) is 4.79 Å². The van der Waals surface area contributed by atoms with Crippen LogP contribution in [0.1, 0.15) is 44.3 Å². The summed E-state index contributed by atoms with van der Waals surface area (Å²) in [7, 11) is -3.65. The number of nitrogen functional groups attached to an aromatic ring is 1. The summed E-state index contributed by atoms with van der Waals surface area (Å²) in [4.78, 5) is 21.4. The number of piperidine rings is 1. The predicted molar refractivity (Wildman–Crippen MR) is 163 cm³/mol. The highest BCUT2D eigenvalue weighted by molar-refractivity contribution is 7.91. The molecule has 1 spiro atoms. The zero-order valence-electron chi connectivity index (χ0n) is 24.3. The number of aromatic nitrogens is 2. The number of sulfone groups is 1. The second-order valence-electron chi connectivity index (χ2n) is 11.5. The van der Waals surface area contributed by atoms with Crippen LogP contribution in [-0.4, -0.2) is 67.1 Å². The molecule has 0 amide bonds. The van der Waals surface area contributed by atoms with E-state index in [0.29, 0.717) is 51.1 Å². The molecule has 0 bridgehead atoms. The number of rotatable bonds is 9. The van der Waals surface area contributed by atoms with Crippen LogP contribution in [0.2, 0.25) is 5.02 Å². The second kappa shape index (κ2) is 12.6. The molecule has 2 saturated heterocycles. The Balaban J connectivity index is 1.44. The largest absolute Gasteiger partial charge is 0.480 e. The van der Waals surface area contributed by atoms with Crippen LogP contribution < -0.4 is 20.7 Å². The van der Waals surface area contributed by atoms with E-state index in [1.54, 1.807) is 6.92 Å². The highest BCUT2D eigenvalue weighted by Gasteiger charge is 2.46. The Morgan fingerprint density at radius 1 is 1.20 bits per heavy atom. The van der Waals surface area contributed by atoms with Crippen molar-refractivity contribution in [1.82, 2.24) is 15.3 Å². The molecule has 4 N–H and O–H groups in total. The Bertz CT molecular complexity index is 1680. The fourth-order valence-electron chi connectivity index (χ4n) is 6.01. The third-order valence-corrected chi connectivity index (χ3v) is 10.5. The van der Waals surface area contributed by atoms with Gasteiger partial charge in [-0.1, -0.05) is 36.7 Å². The molecular formula is C30H33ClF3N5O5S. The number of hydrogen-bond donors (Lipinski definition) is 3. The molecule has 2 aliphatic heterocycles. The molecule has 242 valence electrons. The SMILES string of the molecule is CCCS(=O)(=O)c1cccc(-c2cc(Cl)ccc2C(Oc2cc(N3CCC4(CC3)CN[C@H](C(=O)O)C4)nc(N)n2)C(F)(F)F)c1. The lowest BCUT2D eigenvalue weighted by Gasteiger charge is -2.39. The summed E-state index contributed by atoms with van der Waals surface area (Å²) < 4.78 is 75.0. The van der Waals surface area contributed by atoms with Crippen LogP contribution in [-0.2, 0) is 14.6 Å². The van der Waals surface area contributed by atoms with Crippen molar-refractivity contribution >= 4 is 39.2 Å². The number of aliphatic carboxylic acids is 1. The van der Waals surface area contributed by atoms with Gasteiger partial charge in [0, 0.05) is 36.3 Å². The predicted octanol–water partition coefficient (Wildman–Crippen LogP) is 5.28. The Labute approximate surface area is 263 Å². The van der Waals surface area contributed by atoms with E-state index in [4.69, 9.17) is 22.1 Å². The van der Waals surface area contributed by atoms with Gasteiger partial charge in [0.15, 0.2) is 9.84 Å². The lowest BCUT2D eigenvalue weighted by molar-refractivity contribution is -0.198. The number of nitrogens with zero attached hydrogens (tertiary/aromatic N) is 3. The van der Waals surface area contributed by atoms with Crippen LogP contribution in [0.4, 0.5) is 24.9 Å². The number of alkyl halides is 3. The average Bonchev–Trinajstić information content (AvgIpc) is 3.39. The van der Waals surface area contributed by atoms with Crippen LogP contribution in [0.3, 0.4) is 0 Å². The highest BCUT2D eigenvalue weighted by Crippen LogP contribution is 2.43. The Hall–Kier alpha value is -3.62. The molecule has 1 aromatic heterocycles. The summed E-state index contributed by atoms with van der Waals surface area (Å²) in [6.45, 7) is 3.27. The Kier molecular flexibility index (Phi) is 9.20. The minimum absolute atomic E-state index is 0.0133. The van der Waals surface area contributed by atoms with Crippen molar-refractivity contribution in [1.29, 1.82) is 0 Å². The molecule has 0 saturated carbocycles. The molecule has 3 heterocycles. The summed E-state index contributed by atoms with van der Waals surface area (Å²) in [5, 5.41) is 12.6. The molecule has 15 heteroatoms. The summed E-state index contributed by atoms with van der Waals surface area (Å²) in [6, 6.07) is 10.2. The van der Waals surface area contributed by atoms with Crippen LogP contribution in [0.5, 0.6) is 5.88 Å². The number of hydrogen-bond acceptors (Lipinski definition) is 9. The highest BCUT2D eigenvalue weighted by atomic mass is 35.5. The van der Waals surface area contributed by atoms with E-state index in [2.05, 4.69) is 15.3 Å². The fourth-order valence-corrected chi connectivity index (χ4v) is 7.55. The zero-order chi connectivity index (χ0) is 32.6. The number of halogens is 4. The normalized spacial score (nSPS) is 19.0. The third-order valence-electron chi connectivity index (χ3n) is 8.32. The molecule has 1 unspecified atom stereocenters. The maximum absolute atomic E-state index is 14.7. The van der Waals surface area contributed by atoms with Crippen molar-refractivity contribution in [3.05, 3.63) is 59.1 Å². The summed E-state index contributed by atoms with van der Waals surface area (Å²) in [5.74, 6) is -1.38. The van der Waals surface area contributed by atoms with Gasteiger partial charge in [-0.25, -0.2) is 8.42 Å². The maximum Gasteiger partial charge on any atom is 0.429 e. The van der Waals surface area contributed by atoms with Crippen molar-refractivity contribution in [2.45, 2.75) is 55.8 Å². The average molecular weight is 668 g/mol. The van der Waals surface area contributed by atoms with Crippen molar-refractivity contribution in [3.8, 4) is 17.0 Å². The molecule has 3 aromatic rings. The van der Waals surface area contributed by atoms with Gasteiger partial charge in [-0.05, 0) is 66.5 Å². The summed E-state index contributed by atoms with van der Waals surface area (Å²) in [5.41, 5.74) is 5.71. The molecule has 0 radical (unpaired) electrons. The number of nitrogens with two attached hydrogens (primary N) is 1. The van der Waals surface area contributed by atoms with Crippen molar-refractivity contribution in [3.63, 3.8) is 0 Å². The van der Waals surface area contributed by atoms with E-state index in [9.17, 15) is 31.5 Å². The van der Waals surface area contributed by atoms with Gasteiger partial charge in [-0.15, -0.1) is 0 Å². The maximum atomic E-state index is 14.7. The van der Waals surface area contributed by atoms with Gasteiger partial charge in [0.2, 0.25) is 17.9 Å². The lowest BCUT2D eigenvalue weighted by Crippen LogP contribution is -2.41. The van der Waals surface area contributed by atoms with Gasteiger partial charge in [0.25, 0.3) is 0 Å². The van der Waals surface area contributed by atoms with E-state index in [1.165, 1.54) is 48.5 Å². The van der Waals surface area contributed by atoms with Gasteiger partial charge in [0.1, 0.15) is 11.9 Å². The third kappa shape index (κ3) is 7.28. The van der Waals surface area contributed by atoms with E-state index in [0.717, 1.165) is 0 Å². The fraction of sp³-hybridized carbons (Fsp3) is 0.433. The molecule has 10 nitrogen and oxygen atoms in total. The van der Waals surface area contributed by atoms with Gasteiger partial charge < -0.3 is 25.8 Å².